The molecule has 0 atom stereocenters. The van der Waals surface area contributed by atoms with Gasteiger partial charge in [-0.1, -0.05) is 45.0 Å². The second kappa shape index (κ2) is 18.1. The van der Waals surface area contributed by atoms with Crippen molar-refractivity contribution >= 4 is 55.4 Å². The predicted octanol–water partition coefficient (Wildman–Crippen LogP) is 8.49. The minimum Gasteiger partial charge on any atom is -0.497 e. The van der Waals surface area contributed by atoms with Gasteiger partial charge in [0.25, 0.3) is 0 Å². The highest BCUT2D eigenvalue weighted by Crippen LogP contribution is 2.40. The Morgan fingerprint density at radius 1 is 0.759 bits per heavy atom. The maximum Gasteiger partial charge on any atom is 0.323 e. The molecule has 0 saturated heterocycles. The molecule has 16 heteroatoms. The smallest absolute Gasteiger partial charge is 0.323 e. The predicted molar refractivity (Wildman–Crippen MR) is 225 cm³/mol. The molecule has 0 aliphatic rings. The second-order valence-corrected chi connectivity index (χ2v) is 15.8. The number of methoxy groups -OCH3 is 2. The lowest BCUT2D eigenvalue weighted by molar-refractivity contribution is 0.0864. The van der Waals surface area contributed by atoms with Crippen LogP contribution in [0.3, 0.4) is 0 Å². The number of aromatic nitrogens is 3. The molecule has 0 radical (unpaired) electrons. The van der Waals surface area contributed by atoms with E-state index in [1.807, 2.05) is 63.2 Å². The number of fused-ring (bicyclic) bond motifs is 1. The number of hydrogen-bond acceptors (Lipinski definition) is 12. The van der Waals surface area contributed by atoms with Gasteiger partial charge in [0, 0.05) is 53.1 Å². The van der Waals surface area contributed by atoms with Gasteiger partial charge in [-0.25, -0.2) is 18.2 Å². The minimum atomic E-state index is -3.64. The molecule has 0 unspecified atom stereocenters. The van der Waals surface area contributed by atoms with Crippen LogP contribution in [0.25, 0.3) is 10.8 Å². The molecule has 0 aliphatic carbocycles. The Balaban J connectivity index is 1.15. The van der Waals surface area contributed by atoms with E-state index in [1.54, 1.807) is 68.0 Å². The third-order valence-electron chi connectivity index (χ3n) is 8.56. The maximum absolute atomic E-state index is 13.5. The number of carbonyl (C=O) groups excluding carboxylic acids is 1. The minimum absolute atomic E-state index is 0.172. The van der Waals surface area contributed by atoms with Crippen LogP contribution >= 0.6 is 0 Å². The fourth-order valence-electron chi connectivity index (χ4n) is 5.86. The van der Waals surface area contributed by atoms with Gasteiger partial charge in [0.1, 0.15) is 35.4 Å². The van der Waals surface area contributed by atoms with Crippen LogP contribution in [0, 0.1) is 0 Å². The van der Waals surface area contributed by atoms with E-state index in [0.717, 1.165) is 28.3 Å². The summed E-state index contributed by atoms with van der Waals surface area (Å²) >= 11 is 0. The monoisotopic (exact) mass is 807 g/mol. The average Bonchev–Trinajstić information content (AvgIpc) is 3.18. The molecule has 0 fully saturated rings. The Labute approximate surface area is 337 Å². The summed E-state index contributed by atoms with van der Waals surface area (Å²) in [6, 6.07) is 26.5. The summed E-state index contributed by atoms with van der Waals surface area (Å²) in [7, 11) is -0.654. The molecule has 302 valence electrons. The Bertz CT molecular complexity index is 2500. The first-order valence-corrected chi connectivity index (χ1v) is 20.0. The Hall–Kier alpha value is -6.65. The molecule has 0 aliphatic heterocycles. The number of pyridine rings is 1. The fraction of sp³-hybridized carbons (Fsp3) is 0.238. The standard InChI is InChI=1S/C42H45N7O8S/c1-42(2,3)27-20-36(40(54-5)37(21-27)49-58(6,51)52)47-41(50)46-35-13-14-38(34-12-8-7-11-33(34)35)57-30-15-17-43-39(25-30)45-29-22-31(53-4)24-32(23-29)56-19-18-55-26-28-10-9-16-44-48-28/h7-17,20-25,49H,18-19,26H2,1-6H3,(H,43,45)(H2,46,47,50). The van der Waals surface area contributed by atoms with E-state index < -0.39 is 16.1 Å². The molecule has 6 rings (SSSR count). The number of nitrogens with one attached hydrogen (secondary N) is 4. The van der Waals surface area contributed by atoms with Gasteiger partial charge in [0.15, 0.2) is 5.75 Å². The van der Waals surface area contributed by atoms with Crippen molar-refractivity contribution in [2.75, 3.05) is 54.4 Å². The van der Waals surface area contributed by atoms with Crippen LogP contribution < -0.4 is 39.6 Å². The van der Waals surface area contributed by atoms with Crippen molar-refractivity contribution in [2.24, 2.45) is 0 Å². The van der Waals surface area contributed by atoms with E-state index in [-0.39, 0.29) is 16.9 Å². The van der Waals surface area contributed by atoms with Crippen LogP contribution in [-0.4, -0.2) is 63.3 Å². The highest BCUT2D eigenvalue weighted by molar-refractivity contribution is 7.92. The number of sulfonamides is 1. The molecule has 15 nitrogen and oxygen atoms in total. The van der Waals surface area contributed by atoms with Crippen molar-refractivity contribution in [2.45, 2.75) is 32.8 Å². The van der Waals surface area contributed by atoms with Crippen LogP contribution in [0.5, 0.6) is 28.7 Å². The zero-order valence-corrected chi connectivity index (χ0v) is 33.8. The van der Waals surface area contributed by atoms with Gasteiger partial charge in [-0.15, -0.1) is 0 Å². The van der Waals surface area contributed by atoms with Gasteiger partial charge in [0.05, 0.1) is 56.4 Å². The Morgan fingerprint density at radius 3 is 2.24 bits per heavy atom. The molecule has 58 heavy (non-hydrogen) atoms. The summed E-state index contributed by atoms with van der Waals surface area (Å²) in [6.07, 6.45) is 4.29. The number of amides is 2. The lowest BCUT2D eigenvalue weighted by Crippen LogP contribution is -2.22. The SMILES string of the molecule is COc1cc(Nc2cc(Oc3ccc(NC(=O)Nc4cc(C(C)(C)C)cc(NS(C)(=O)=O)c4OC)c4ccccc34)ccn2)cc(OCCOCc2cccnn2)c1. The second-order valence-electron chi connectivity index (χ2n) is 14.1. The van der Waals surface area contributed by atoms with Gasteiger partial charge < -0.3 is 39.6 Å². The zero-order chi connectivity index (χ0) is 41.3. The van der Waals surface area contributed by atoms with Crippen LogP contribution in [0.1, 0.15) is 32.0 Å². The number of ether oxygens (including phenoxy) is 5. The number of nitrogens with zero attached hydrogens (tertiary/aromatic N) is 3. The number of anilines is 5. The average molecular weight is 808 g/mol. The van der Waals surface area contributed by atoms with Gasteiger partial charge >= 0.3 is 6.03 Å². The van der Waals surface area contributed by atoms with Crippen molar-refractivity contribution in [3.8, 4) is 28.7 Å². The molecule has 0 bridgehead atoms. The molecule has 2 aromatic heterocycles. The quantitative estimate of drug-likeness (QED) is 0.0685. The summed E-state index contributed by atoms with van der Waals surface area (Å²) in [4.78, 5) is 18.0. The van der Waals surface area contributed by atoms with Crippen LogP contribution in [0.4, 0.5) is 33.4 Å². The number of benzene rings is 4. The first kappa shape index (κ1) is 41.0. The highest BCUT2D eigenvalue weighted by atomic mass is 32.2. The molecular formula is C42H45N7O8S. The molecule has 0 spiro atoms. The van der Waals surface area contributed by atoms with Crippen molar-refractivity contribution in [3.63, 3.8) is 0 Å². The summed E-state index contributed by atoms with van der Waals surface area (Å²) in [6.45, 7) is 6.95. The lowest BCUT2D eigenvalue weighted by atomic mass is 9.86. The number of hydrogen-bond donors (Lipinski definition) is 4. The van der Waals surface area contributed by atoms with Crippen LogP contribution in [0.15, 0.2) is 103 Å². The lowest BCUT2D eigenvalue weighted by Gasteiger charge is -2.24. The van der Waals surface area contributed by atoms with Gasteiger partial charge in [-0.05, 0) is 53.4 Å². The summed E-state index contributed by atoms with van der Waals surface area (Å²) in [5.74, 6) is 2.93. The van der Waals surface area contributed by atoms with Crippen LogP contribution in [-0.2, 0) is 26.8 Å². The van der Waals surface area contributed by atoms with Crippen molar-refractivity contribution in [1.29, 1.82) is 0 Å². The third kappa shape index (κ3) is 11.0. The number of urea groups is 1. The molecule has 4 aromatic carbocycles. The van der Waals surface area contributed by atoms with Crippen molar-refractivity contribution in [1.82, 2.24) is 15.2 Å². The maximum atomic E-state index is 13.5. The Morgan fingerprint density at radius 2 is 1.52 bits per heavy atom. The largest absolute Gasteiger partial charge is 0.497 e. The zero-order valence-electron chi connectivity index (χ0n) is 33.0. The summed E-state index contributed by atoms with van der Waals surface area (Å²) in [5.41, 5.74) is 2.86. The van der Waals surface area contributed by atoms with Gasteiger partial charge in [-0.2, -0.15) is 10.2 Å². The fourth-order valence-corrected chi connectivity index (χ4v) is 6.42. The molecule has 2 amide bonds. The first-order valence-electron chi connectivity index (χ1n) is 18.1. The normalized spacial score (nSPS) is 11.4. The number of rotatable bonds is 16. The van der Waals surface area contributed by atoms with Gasteiger partial charge in [-0.3, -0.25) is 4.72 Å². The van der Waals surface area contributed by atoms with E-state index in [9.17, 15) is 13.2 Å². The molecular weight excluding hydrogens is 763 g/mol. The topological polar surface area (TPSA) is 184 Å². The van der Waals surface area contributed by atoms with E-state index in [0.29, 0.717) is 65.7 Å². The molecule has 0 saturated carbocycles. The summed E-state index contributed by atoms with van der Waals surface area (Å²) < 4.78 is 55.9. The van der Waals surface area contributed by atoms with E-state index in [4.69, 9.17) is 23.7 Å². The van der Waals surface area contributed by atoms with Crippen molar-refractivity contribution < 1.29 is 36.9 Å². The van der Waals surface area contributed by atoms with Crippen molar-refractivity contribution in [3.05, 3.63) is 115 Å². The molecule has 2 heterocycles. The number of carbonyl (C=O) groups is 1. The first-order chi connectivity index (χ1) is 27.8. The van der Waals surface area contributed by atoms with Crippen LogP contribution in [0.2, 0.25) is 0 Å². The third-order valence-corrected chi connectivity index (χ3v) is 9.15. The van der Waals surface area contributed by atoms with E-state index in [2.05, 4.69) is 35.9 Å². The van der Waals surface area contributed by atoms with Gasteiger partial charge in [0.2, 0.25) is 10.0 Å². The molecule has 6 aromatic rings. The highest BCUT2D eigenvalue weighted by Gasteiger charge is 2.22. The van der Waals surface area contributed by atoms with E-state index >= 15 is 0 Å². The van der Waals surface area contributed by atoms with E-state index in [1.165, 1.54) is 7.11 Å². The Kier molecular flexibility index (Phi) is 12.8. The summed E-state index contributed by atoms with van der Waals surface area (Å²) in [5, 5.41) is 18.4. The molecule has 4 N–H and O–H groups in total.